The van der Waals surface area contributed by atoms with Crippen LogP contribution in [0.15, 0.2) is 15.6 Å². The Bertz CT molecular complexity index is 485. The molecule has 0 atom stereocenters. The summed E-state index contributed by atoms with van der Waals surface area (Å²) in [7, 11) is 1.78. The topological polar surface area (TPSA) is 65.7 Å². The van der Waals surface area contributed by atoms with E-state index in [0.29, 0.717) is 24.5 Å². The molecule has 0 aliphatic heterocycles. The number of aromatic nitrogens is 1. The smallest absolute Gasteiger partial charge is 0.191 e. The van der Waals surface area contributed by atoms with Crippen LogP contribution in [0.5, 0.6) is 0 Å². The molecule has 1 aromatic rings. The summed E-state index contributed by atoms with van der Waals surface area (Å²) in [6.07, 6.45) is 1.08. The molecule has 24 heavy (non-hydrogen) atoms. The molecule has 0 aliphatic carbocycles. The molecule has 0 spiro atoms. The first-order valence-corrected chi connectivity index (χ1v) is 9.00. The molecule has 1 aromatic heterocycles. The number of rotatable bonds is 9. The van der Waals surface area contributed by atoms with Crippen molar-refractivity contribution in [1.29, 1.82) is 0 Å². The lowest BCUT2D eigenvalue weighted by atomic mass is 10.1. The van der Waals surface area contributed by atoms with Crippen LogP contribution in [0.2, 0.25) is 0 Å². The summed E-state index contributed by atoms with van der Waals surface area (Å²) in [5, 5.41) is 10.7. The molecule has 0 saturated heterocycles. The summed E-state index contributed by atoms with van der Waals surface area (Å²) in [6.45, 7) is 15.8. The van der Waals surface area contributed by atoms with E-state index in [1.54, 1.807) is 7.05 Å². The van der Waals surface area contributed by atoms with E-state index in [0.717, 1.165) is 36.9 Å². The van der Waals surface area contributed by atoms with Gasteiger partial charge in [0, 0.05) is 38.3 Å². The van der Waals surface area contributed by atoms with Crippen molar-refractivity contribution in [3.05, 3.63) is 17.5 Å². The van der Waals surface area contributed by atoms with Gasteiger partial charge in [-0.3, -0.25) is 9.89 Å². The Kier molecular flexibility index (Phi) is 8.82. The van der Waals surface area contributed by atoms with Crippen LogP contribution in [0, 0.1) is 0 Å². The Morgan fingerprint density at radius 1 is 1.17 bits per heavy atom. The normalized spacial score (nSPS) is 12.7. The minimum absolute atomic E-state index is 0.379. The number of nitrogens with one attached hydrogen (secondary N) is 2. The lowest BCUT2D eigenvalue weighted by Gasteiger charge is -2.30. The Balaban J connectivity index is 2.32. The predicted molar refractivity (Wildman–Crippen MR) is 100 cm³/mol. The molecular formula is C18H35N5O. The van der Waals surface area contributed by atoms with E-state index in [2.05, 4.69) is 67.2 Å². The van der Waals surface area contributed by atoms with E-state index in [-0.39, 0.29) is 0 Å². The molecule has 0 aliphatic rings. The fourth-order valence-corrected chi connectivity index (χ4v) is 2.66. The largest absolute Gasteiger partial charge is 0.359 e. The Morgan fingerprint density at radius 3 is 2.33 bits per heavy atom. The van der Waals surface area contributed by atoms with Crippen LogP contribution >= 0.6 is 0 Å². The quantitative estimate of drug-likeness (QED) is 0.412. The summed E-state index contributed by atoms with van der Waals surface area (Å²) < 4.78 is 5.33. The van der Waals surface area contributed by atoms with Crippen LogP contribution in [-0.4, -0.2) is 48.2 Å². The number of aliphatic imine (C=N–C) groups is 1. The van der Waals surface area contributed by atoms with Crippen molar-refractivity contribution < 1.29 is 4.52 Å². The average molecular weight is 338 g/mol. The number of nitrogens with zero attached hydrogens (tertiary/aromatic N) is 3. The molecule has 6 heteroatoms. The van der Waals surface area contributed by atoms with Crippen molar-refractivity contribution in [1.82, 2.24) is 20.7 Å². The summed E-state index contributed by atoms with van der Waals surface area (Å²) in [4.78, 5) is 6.75. The molecule has 0 unspecified atom stereocenters. The third-order valence-electron chi connectivity index (χ3n) is 4.03. The third-order valence-corrected chi connectivity index (χ3v) is 4.03. The Labute approximate surface area is 147 Å². The molecule has 0 aromatic carbocycles. The molecule has 0 saturated carbocycles. The fraction of sp³-hybridized carbons (Fsp3) is 0.778. The van der Waals surface area contributed by atoms with Gasteiger partial charge in [-0.2, -0.15) is 0 Å². The van der Waals surface area contributed by atoms with Crippen molar-refractivity contribution in [3.63, 3.8) is 0 Å². The zero-order chi connectivity index (χ0) is 18.1. The van der Waals surface area contributed by atoms with Crippen LogP contribution in [0.25, 0.3) is 0 Å². The van der Waals surface area contributed by atoms with Gasteiger partial charge >= 0.3 is 0 Å². The summed E-state index contributed by atoms with van der Waals surface area (Å²) in [6, 6.07) is 3.14. The van der Waals surface area contributed by atoms with Gasteiger partial charge in [0.1, 0.15) is 0 Å². The van der Waals surface area contributed by atoms with Crippen molar-refractivity contribution in [3.8, 4) is 0 Å². The van der Waals surface area contributed by atoms with Gasteiger partial charge in [-0.1, -0.05) is 19.0 Å². The first-order valence-electron chi connectivity index (χ1n) is 9.00. The third kappa shape index (κ3) is 6.91. The molecule has 138 valence electrons. The van der Waals surface area contributed by atoms with Gasteiger partial charge in [0.05, 0.1) is 12.2 Å². The van der Waals surface area contributed by atoms with Crippen LogP contribution in [-0.2, 0) is 6.54 Å². The Hall–Kier alpha value is -1.56. The molecule has 6 nitrogen and oxygen atoms in total. The molecule has 2 N–H and O–H groups in total. The van der Waals surface area contributed by atoms with Crippen molar-refractivity contribution in [2.24, 2.45) is 4.99 Å². The van der Waals surface area contributed by atoms with Gasteiger partial charge in [0.15, 0.2) is 11.7 Å². The van der Waals surface area contributed by atoms with Gasteiger partial charge in [-0.25, -0.2) is 0 Å². The second kappa shape index (κ2) is 10.3. The maximum atomic E-state index is 5.33. The summed E-state index contributed by atoms with van der Waals surface area (Å²) >= 11 is 0. The Morgan fingerprint density at radius 2 is 1.83 bits per heavy atom. The van der Waals surface area contributed by atoms with Crippen LogP contribution < -0.4 is 10.6 Å². The van der Waals surface area contributed by atoms with Gasteiger partial charge in [-0.15, -0.1) is 0 Å². The summed E-state index contributed by atoms with van der Waals surface area (Å²) in [5.41, 5.74) is 0.984. The van der Waals surface area contributed by atoms with E-state index >= 15 is 0 Å². The van der Waals surface area contributed by atoms with E-state index in [1.807, 2.05) is 6.07 Å². The first-order chi connectivity index (χ1) is 11.3. The molecule has 1 rings (SSSR count). The highest BCUT2D eigenvalue weighted by atomic mass is 16.5. The number of guanidine groups is 1. The number of hydrogen-bond donors (Lipinski definition) is 2. The molecule has 0 amide bonds. The van der Waals surface area contributed by atoms with Gasteiger partial charge in [0.25, 0.3) is 0 Å². The molecule has 0 bridgehead atoms. The fourth-order valence-electron chi connectivity index (χ4n) is 2.66. The van der Waals surface area contributed by atoms with Crippen LogP contribution in [0.3, 0.4) is 0 Å². The average Bonchev–Trinajstić information content (AvgIpc) is 2.98. The van der Waals surface area contributed by atoms with E-state index in [9.17, 15) is 0 Å². The maximum Gasteiger partial charge on any atom is 0.191 e. The highest BCUT2D eigenvalue weighted by Gasteiger charge is 2.12. The van der Waals surface area contributed by atoms with Gasteiger partial charge in [-0.05, 0) is 40.0 Å². The maximum absolute atomic E-state index is 5.33. The molecule has 0 fully saturated rings. The SMILES string of the molecule is CN=C(NCCCN(C(C)C)C(C)C)NCc1cc(C(C)C)no1. The minimum Gasteiger partial charge on any atom is -0.359 e. The van der Waals surface area contributed by atoms with E-state index in [4.69, 9.17) is 4.52 Å². The molecular weight excluding hydrogens is 302 g/mol. The molecule has 1 heterocycles. The second-order valence-electron chi connectivity index (χ2n) is 7.00. The van der Waals surface area contributed by atoms with Crippen molar-refractivity contribution >= 4 is 5.96 Å². The first kappa shape index (κ1) is 20.5. The standard InChI is InChI=1S/C18H35N5O/c1-13(2)17-11-16(24-22-17)12-21-18(19-7)20-9-8-10-23(14(3)4)15(5)6/h11,13-15H,8-10,12H2,1-7H3,(H2,19,20,21). The van der Waals surface area contributed by atoms with Gasteiger partial charge in [0.2, 0.25) is 0 Å². The van der Waals surface area contributed by atoms with E-state index in [1.165, 1.54) is 0 Å². The van der Waals surface area contributed by atoms with Gasteiger partial charge < -0.3 is 15.2 Å². The number of hydrogen-bond acceptors (Lipinski definition) is 4. The van der Waals surface area contributed by atoms with Crippen molar-refractivity contribution in [2.75, 3.05) is 20.1 Å². The minimum atomic E-state index is 0.379. The predicted octanol–water partition coefficient (Wildman–Crippen LogP) is 2.97. The zero-order valence-electron chi connectivity index (χ0n) is 16.4. The monoisotopic (exact) mass is 337 g/mol. The van der Waals surface area contributed by atoms with Crippen LogP contribution in [0.4, 0.5) is 0 Å². The second-order valence-corrected chi connectivity index (χ2v) is 7.00. The van der Waals surface area contributed by atoms with Crippen LogP contribution in [0.1, 0.15) is 65.3 Å². The lowest BCUT2D eigenvalue weighted by Crippen LogP contribution is -2.41. The summed E-state index contributed by atoms with van der Waals surface area (Å²) in [5.74, 6) is 2.00. The highest BCUT2D eigenvalue weighted by Crippen LogP contribution is 2.13. The highest BCUT2D eigenvalue weighted by molar-refractivity contribution is 5.79. The van der Waals surface area contributed by atoms with E-state index < -0.39 is 0 Å². The zero-order valence-corrected chi connectivity index (χ0v) is 16.4. The van der Waals surface area contributed by atoms with Crippen molar-refractivity contribution in [2.45, 2.75) is 72.5 Å². The molecule has 0 radical (unpaired) electrons. The lowest BCUT2D eigenvalue weighted by molar-refractivity contribution is 0.173.